The molecule has 0 aliphatic heterocycles. The Morgan fingerprint density at radius 3 is 2.41 bits per heavy atom. The molecule has 1 aromatic heterocycles. The van der Waals surface area contributed by atoms with Crippen LogP contribution in [0.25, 0.3) is 0 Å². The molecular formula is C14H22N4O3S. The Labute approximate surface area is 134 Å². The molecule has 0 saturated heterocycles. The minimum atomic E-state index is -0.122. The molecule has 0 radical (unpaired) electrons. The summed E-state index contributed by atoms with van der Waals surface area (Å²) in [6.07, 6.45) is 2.09. The van der Waals surface area contributed by atoms with Crippen LogP contribution in [0.1, 0.15) is 27.2 Å². The van der Waals surface area contributed by atoms with Crippen molar-refractivity contribution in [2.75, 3.05) is 14.2 Å². The van der Waals surface area contributed by atoms with Crippen molar-refractivity contribution in [2.45, 2.75) is 37.6 Å². The highest BCUT2D eigenvalue weighted by Crippen LogP contribution is 2.27. The van der Waals surface area contributed by atoms with E-state index in [9.17, 15) is 4.79 Å². The molecule has 0 spiro atoms. The molecule has 8 heteroatoms. The Morgan fingerprint density at radius 1 is 1.36 bits per heavy atom. The van der Waals surface area contributed by atoms with Gasteiger partial charge in [0.1, 0.15) is 0 Å². The third kappa shape index (κ3) is 5.88. The maximum absolute atomic E-state index is 11.2. The number of nitrogens with zero attached hydrogens (tertiary/aromatic N) is 3. The zero-order chi connectivity index (χ0) is 16.5. The van der Waals surface area contributed by atoms with Crippen molar-refractivity contribution in [3.63, 3.8) is 0 Å². The van der Waals surface area contributed by atoms with Crippen LogP contribution in [0.15, 0.2) is 16.3 Å². The highest BCUT2D eigenvalue weighted by atomic mass is 32.2. The van der Waals surface area contributed by atoms with Gasteiger partial charge < -0.3 is 9.47 Å². The Morgan fingerprint density at radius 2 is 1.95 bits per heavy atom. The third-order valence-electron chi connectivity index (χ3n) is 2.71. The third-order valence-corrected chi connectivity index (χ3v) is 4.04. The van der Waals surface area contributed by atoms with Gasteiger partial charge in [-0.3, -0.25) is 4.79 Å². The van der Waals surface area contributed by atoms with E-state index in [1.54, 1.807) is 19.2 Å². The number of carbonyl (C=O) groups is 1. The van der Waals surface area contributed by atoms with Gasteiger partial charge in [-0.1, -0.05) is 32.5 Å². The summed E-state index contributed by atoms with van der Waals surface area (Å²) in [4.78, 5) is 19.8. The van der Waals surface area contributed by atoms with E-state index in [-0.39, 0.29) is 17.1 Å². The number of hydrazone groups is 1. The van der Waals surface area contributed by atoms with Crippen LogP contribution in [0.5, 0.6) is 11.8 Å². The second-order valence-corrected chi connectivity index (χ2v) is 5.87. The summed E-state index contributed by atoms with van der Waals surface area (Å²) >= 11 is 1.43. The molecule has 1 amide bonds. The van der Waals surface area contributed by atoms with Gasteiger partial charge in [-0.15, -0.1) is 0 Å². The molecule has 1 aromatic rings. The van der Waals surface area contributed by atoms with Crippen LogP contribution in [0.3, 0.4) is 0 Å². The SMILES string of the molecule is CCC(=O)N/N=C/C(Sc1nc(OC)cc(OC)n1)C(C)C. The molecular weight excluding hydrogens is 304 g/mol. The molecule has 1 rings (SSSR count). The lowest BCUT2D eigenvalue weighted by atomic mass is 10.1. The average Bonchev–Trinajstić information content (AvgIpc) is 2.52. The van der Waals surface area contributed by atoms with Crippen LogP contribution in [0.4, 0.5) is 0 Å². The fourth-order valence-electron chi connectivity index (χ4n) is 1.37. The number of nitrogens with one attached hydrogen (secondary N) is 1. The molecule has 1 unspecified atom stereocenters. The first kappa shape index (κ1) is 18.2. The molecule has 0 fully saturated rings. The lowest BCUT2D eigenvalue weighted by Gasteiger charge is -2.15. The van der Waals surface area contributed by atoms with Crippen LogP contribution in [0, 0.1) is 5.92 Å². The number of methoxy groups -OCH3 is 2. The molecule has 0 aromatic carbocycles. The van der Waals surface area contributed by atoms with E-state index >= 15 is 0 Å². The van der Waals surface area contributed by atoms with Gasteiger partial charge in [0.2, 0.25) is 17.7 Å². The van der Waals surface area contributed by atoms with Crippen LogP contribution in [-0.2, 0) is 4.79 Å². The van der Waals surface area contributed by atoms with Crippen molar-refractivity contribution in [1.29, 1.82) is 0 Å². The second-order valence-electron chi connectivity index (χ2n) is 4.73. The van der Waals surface area contributed by atoms with Crippen molar-refractivity contribution >= 4 is 23.9 Å². The first-order valence-electron chi connectivity index (χ1n) is 6.95. The molecule has 7 nitrogen and oxygen atoms in total. The molecule has 122 valence electrons. The van der Waals surface area contributed by atoms with Gasteiger partial charge in [-0.25, -0.2) is 5.43 Å². The standard InChI is InChI=1S/C14H22N4O3S/c1-6-11(19)18-15-8-10(9(2)3)22-14-16-12(20-4)7-13(17-14)21-5/h7-10H,6H2,1-5H3,(H,18,19)/b15-8+. The lowest BCUT2D eigenvalue weighted by molar-refractivity contribution is -0.120. The zero-order valence-corrected chi connectivity index (χ0v) is 14.3. The molecule has 0 aliphatic rings. The van der Waals surface area contributed by atoms with Crippen LogP contribution in [-0.4, -0.2) is 41.6 Å². The van der Waals surface area contributed by atoms with E-state index < -0.39 is 0 Å². The van der Waals surface area contributed by atoms with Gasteiger partial charge in [0.25, 0.3) is 0 Å². The van der Waals surface area contributed by atoms with Gasteiger partial charge in [-0.05, 0) is 5.92 Å². The van der Waals surface area contributed by atoms with Crippen molar-refractivity contribution in [1.82, 2.24) is 15.4 Å². The molecule has 1 heterocycles. The minimum Gasteiger partial charge on any atom is -0.481 e. The first-order valence-corrected chi connectivity index (χ1v) is 7.83. The lowest BCUT2D eigenvalue weighted by Crippen LogP contribution is -2.20. The largest absolute Gasteiger partial charge is 0.481 e. The molecule has 0 saturated carbocycles. The molecule has 22 heavy (non-hydrogen) atoms. The maximum Gasteiger partial charge on any atom is 0.239 e. The highest BCUT2D eigenvalue weighted by Gasteiger charge is 2.16. The van der Waals surface area contributed by atoms with Crippen molar-refractivity contribution in [3.05, 3.63) is 6.07 Å². The summed E-state index contributed by atoms with van der Waals surface area (Å²) in [5.74, 6) is 1.04. The Bertz CT molecular complexity index is 501. The summed E-state index contributed by atoms with van der Waals surface area (Å²) in [7, 11) is 3.08. The monoisotopic (exact) mass is 326 g/mol. The number of hydrogen-bond acceptors (Lipinski definition) is 7. The Balaban J connectivity index is 2.84. The van der Waals surface area contributed by atoms with E-state index in [1.165, 1.54) is 26.0 Å². The number of hydrogen-bond donors (Lipinski definition) is 1. The van der Waals surface area contributed by atoms with Crippen molar-refractivity contribution < 1.29 is 14.3 Å². The predicted octanol–water partition coefficient (Wildman–Crippen LogP) is 2.12. The van der Waals surface area contributed by atoms with E-state index in [2.05, 4.69) is 34.3 Å². The number of amides is 1. The number of rotatable bonds is 8. The number of aromatic nitrogens is 2. The summed E-state index contributed by atoms with van der Waals surface area (Å²) in [6.45, 7) is 5.89. The zero-order valence-electron chi connectivity index (χ0n) is 13.5. The summed E-state index contributed by atoms with van der Waals surface area (Å²) < 4.78 is 10.3. The number of carbonyl (C=O) groups excluding carboxylic acids is 1. The van der Waals surface area contributed by atoms with Crippen LogP contribution < -0.4 is 14.9 Å². The summed E-state index contributed by atoms with van der Waals surface area (Å²) in [5, 5.41) is 4.52. The maximum atomic E-state index is 11.2. The first-order chi connectivity index (χ1) is 10.5. The molecule has 0 bridgehead atoms. The van der Waals surface area contributed by atoms with E-state index in [0.717, 1.165) is 0 Å². The van der Waals surface area contributed by atoms with Gasteiger partial charge in [0.15, 0.2) is 5.16 Å². The fraction of sp³-hybridized carbons (Fsp3) is 0.571. The average molecular weight is 326 g/mol. The topological polar surface area (TPSA) is 85.7 Å². The van der Waals surface area contributed by atoms with Gasteiger partial charge >= 0.3 is 0 Å². The van der Waals surface area contributed by atoms with Crippen molar-refractivity contribution in [2.24, 2.45) is 11.0 Å². The molecule has 1 atom stereocenters. The Hall–Kier alpha value is -1.83. The van der Waals surface area contributed by atoms with Gasteiger partial charge in [0, 0.05) is 12.6 Å². The van der Waals surface area contributed by atoms with E-state index in [0.29, 0.717) is 23.3 Å². The van der Waals surface area contributed by atoms with Crippen LogP contribution >= 0.6 is 11.8 Å². The van der Waals surface area contributed by atoms with Gasteiger partial charge in [-0.2, -0.15) is 15.1 Å². The molecule has 0 aliphatic carbocycles. The minimum absolute atomic E-state index is 0.00830. The summed E-state index contributed by atoms with van der Waals surface area (Å²) in [5.41, 5.74) is 2.48. The Kier molecular flexibility index (Phi) is 7.65. The quantitative estimate of drug-likeness (QED) is 0.341. The van der Waals surface area contributed by atoms with E-state index in [4.69, 9.17) is 9.47 Å². The fourth-order valence-corrected chi connectivity index (χ4v) is 2.29. The smallest absolute Gasteiger partial charge is 0.239 e. The molecule has 1 N–H and O–H groups in total. The highest BCUT2D eigenvalue weighted by molar-refractivity contribution is 8.00. The summed E-state index contributed by atoms with van der Waals surface area (Å²) in [6, 6.07) is 1.62. The van der Waals surface area contributed by atoms with Gasteiger partial charge in [0.05, 0.1) is 25.5 Å². The van der Waals surface area contributed by atoms with Crippen LogP contribution in [0.2, 0.25) is 0 Å². The number of thioether (sulfide) groups is 1. The number of ether oxygens (including phenoxy) is 2. The second kappa shape index (κ2) is 9.24. The predicted molar refractivity (Wildman–Crippen MR) is 86.5 cm³/mol. The van der Waals surface area contributed by atoms with E-state index in [1.807, 2.05) is 0 Å². The van der Waals surface area contributed by atoms with Crippen molar-refractivity contribution in [3.8, 4) is 11.8 Å². The normalized spacial score (nSPS) is 12.5.